The summed E-state index contributed by atoms with van der Waals surface area (Å²) in [5.74, 6) is 0. The Bertz CT molecular complexity index is 260. The minimum absolute atomic E-state index is 0.00292. The van der Waals surface area contributed by atoms with Gasteiger partial charge in [-0.25, -0.2) is 0 Å². The molecule has 0 aromatic carbocycles. The molecule has 0 fully saturated rings. The molecule has 0 saturated heterocycles. The Morgan fingerprint density at radius 1 is 1.11 bits per heavy atom. The summed E-state index contributed by atoms with van der Waals surface area (Å²) in [5, 5.41) is 28.7. The van der Waals surface area contributed by atoms with E-state index < -0.39 is 16.7 Å². The minimum atomic E-state index is -0.922. The molecule has 0 rings (SSSR count). The predicted octanol–water partition coefficient (Wildman–Crippen LogP) is -0.297. The highest BCUT2D eigenvalue weighted by molar-refractivity contribution is 5.42. The normalized spacial score (nSPS) is 12.9. The van der Waals surface area contributed by atoms with Crippen LogP contribution in [0, 0.1) is 0 Å². The monoisotopic (exact) mass is 278 g/mol. The molecule has 0 aromatic heterocycles. The summed E-state index contributed by atoms with van der Waals surface area (Å²) in [6, 6.07) is 0. The maximum absolute atomic E-state index is 10.2. The predicted molar refractivity (Wildman–Crippen MR) is 75.6 cm³/mol. The average Bonchev–Trinajstić information content (AvgIpc) is 2.25. The zero-order valence-corrected chi connectivity index (χ0v) is 13.0. The molecule has 1 amide bonds. The summed E-state index contributed by atoms with van der Waals surface area (Å²) in [6.45, 7) is 11.5. The van der Waals surface area contributed by atoms with Gasteiger partial charge < -0.3 is 21.1 Å². The topological polar surface area (TPSA) is 107 Å². The molecule has 0 aliphatic heterocycles. The van der Waals surface area contributed by atoms with E-state index in [9.17, 15) is 10.2 Å². The van der Waals surface area contributed by atoms with Crippen LogP contribution >= 0.6 is 0 Å². The van der Waals surface area contributed by atoms with Crippen molar-refractivity contribution in [1.29, 1.82) is 0 Å². The van der Waals surface area contributed by atoms with Crippen molar-refractivity contribution < 1.29 is 20.1 Å². The molecular weight excluding hydrogens is 248 g/mol. The highest BCUT2D eigenvalue weighted by atomic mass is 16.3. The van der Waals surface area contributed by atoms with E-state index >= 15 is 0 Å². The molecule has 0 aliphatic carbocycles. The molecular formula is C13H30N2O4. The third kappa shape index (κ3) is 5.86. The Kier molecular flexibility index (Phi) is 8.46. The van der Waals surface area contributed by atoms with E-state index in [0.717, 1.165) is 0 Å². The summed E-state index contributed by atoms with van der Waals surface area (Å²) in [4.78, 5) is 10.5. The first-order valence-electron chi connectivity index (χ1n) is 6.29. The van der Waals surface area contributed by atoms with Crippen LogP contribution in [0.2, 0.25) is 0 Å². The fourth-order valence-corrected chi connectivity index (χ4v) is 1.85. The van der Waals surface area contributed by atoms with Crippen LogP contribution < -0.4 is 5.73 Å². The van der Waals surface area contributed by atoms with Crippen molar-refractivity contribution in [2.24, 2.45) is 5.73 Å². The summed E-state index contributed by atoms with van der Waals surface area (Å²) < 4.78 is 0. The molecule has 0 radical (unpaired) electrons. The van der Waals surface area contributed by atoms with Crippen molar-refractivity contribution in [2.75, 3.05) is 19.8 Å². The molecule has 6 heteroatoms. The van der Waals surface area contributed by atoms with Crippen molar-refractivity contribution in [3.63, 3.8) is 0 Å². The van der Waals surface area contributed by atoms with Gasteiger partial charge in [0.1, 0.15) is 0 Å². The van der Waals surface area contributed by atoms with Crippen molar-refractivity contribution in [1.82, 2.24) is 4.90 Å². The van der Waals surface area contributed by atoms with Crippen LogP contribution in [0.4, 0.5) is 0 Å². The number of β-amino-alcohol motifs (C(OH)–C–C–N with tert-alkyl or cyclic N) is 1. The van der Waals surface area contributed by atoms with Gasteiger partial charge in [0.15, 0.2) is 0 Å². The van der Waals surface area contributed by atoms with Crippen molar-refractivity contribution in [3.05, 3.63) is 0 Å². The van der Waals surface area contributed by atoms with Crippen LogP contribution in [-0.4, -0.2) is 63.1 Å². The molecule has 0 saturated carbocycles. The van der Waals surface area contributed by atoms with Crippen molar-refractivity contribution in [2.45, 2.75) is 58.2 Å². The maximum atomic E-state index is 10.2. The second-order valence-corrected chi connectivity index (χ2v) is 6.10. The lowest BCUT2D eigenvalue weighted by molar-refractivity contribution is -0.122. The number of nitrogens with two attached hydrogens (primary N) is 1. The molecule has 0 spiro atoms. The van der Waals surface area contributed by atoms with E-state index in [1.54, 1.807) is 13.8 Å². The molecule has 0 bridgehead atoms. The lowest BCUT2D eigenvalue weighted by Gasteiger charge is -2.53. The number of nitrogens with zero attached hydrogens (tertiary/aromatic N) is 1. The van der Waals surface area contributed by atoms with E-state index in [1.807, 2.05) is 32.6 Å². The maximum Gasteiger partial charge on any atom is 0.204 e. The van der Waals surface area contributed by atoms with Gasteiger partial charge in [-0.1, -0.05) is 0 Å². The molecule has 5 N–H and O–H groups in total. The molecule has 0 aromatic rings. The van der Waals surface area contributed by atoms with E-state index in [0.29, 0.717) is 6.54 Å². The van der Waals surface area contributed by atoms with Crippen LogP contribution in [0.5, 0.6) is 0 Å². The van der Waals surface area contributed by atoms with Crippen LogP contribution in [0.1, 0.15) is 41.5 Å². The summed E-state index contributed by atoms with van der Waals surface area (Å²) in [5.41, 5.74) is 2.23. The van der Waals surface area contributed by atoms with Crippen LogP contribution in [0.25, 0.3) is 0 Å². The number of aliphatic hydroxyl groups is 3. The minimum Gasteiger partial charge on any atom is -0.395 e. The van der Waals surface area contributed by atoms with Gasteiger partial charge in [0.2, 0.25) is 6.41 Å². The van der Waals surface area contributed by atoms with Gasteiger partial charge in [0.25, 0.3) is 0 Å². The van der Waals surface area contributed by atoms with Gasteiger partial charge >= 0.3 is 0 Å². The third-order valence-electron chi connectivity index (χ3n) is 3.61. The number of carbonyl (C=O) groups is 1. The van der Waals surface area contributed by atoms with Crippen LogP contribution in [-0.2, 0) is 4.79 Å². The fourth-order valence-electron chi connectivity index (χ4n) is 1.85. The average molecular weight is 278 g/mol. The van der Waals surface area contributed by atoms with E-state index in [2.05, 4.69) is 5.73 Å². The van der Waals surface area contributed by atoms with E-state index in [1.165, 1.54) is 0 Å². The van der Waals surface area contributed by atoms with E-state index in [-0.39, 0.29) is 19.6 Å². The smallest absolute Gasteiger partial charge is 0.204 e. The van der Waals surface area contributed by atoms with Gasteiger partial charge in [-0.05, 0) is 41.5 Å². The lowest BCUT2D eigenvalue weighted by Crippen LogP contribution is -2.65. The number of amides is 1. The Hall–Kier alpha value is -0.690. The first-order chi connectivity index (χ1) is 8.42. The zero-order chi connectivity index (χ0) is 15.9. The summed E-state index contributed by atoms with van der Waals surface area (Å²) in [7, 11) is 0. The zero-order valence-electron chi connectivity index (χ0n) is 13.0. The number of primary amides is 1. The highest BCUT2D eigenvalue weighted by Crippen LogP contribution is 2.33. The van der Waals surface area contributed by atoms with Gasteiger partial charge in [-0.15, -0.1) is 0 Å². The van der Waals surface area contributed by atoms with Crippen molar-refractivity contribution >= 4 is 6.41 Å². The van der Waals surface area contributed by atoms with Crippen LogP contribution in [0.3, 0.4) is 0 Å². The molecule has 19 heavy (non-hydrogen) atoms. The molecule has 0 heterocycles. The molecule has 0 atom stereocenters. The fraction of sp³-hybridized carbons (Fsp3) is 0.923. The quantitative estimate of drug-likeness (QED) is 0.499. The van der Waals surface area contributed by atoms with Gasteiger partial charge in [0.05, 0.1) is 18.8 Å². The first-order valence-corrected chi connectivity index (χ1v) is 6.29. The Morgan fingerprint density at radius 3 is 1.68 bits per heavy atom. The Labute approximate surface area is 116 Å². The largest absolute Gasteiger partial charge is 0.395 e. The number of hydrogen-bond acceptors (Lipinski definition) is 5. The van der Waals surface area contributed by atoms with Gasteiger partial charge in [-0.2, -0.15) is 0 Å². The number of aliphatic hydroxyl groups excluding tert-OH is 2. The second-order valence-electron chi connectivity index (χ2n) is 6.10. The van der Waals surface area contributed by atoms with Crippen molar-refractivity contribution in [3.8, 4) is 0 Å². The molecule has 116 valence electrons. The Balaban J connectivity index is 0. The summed E-state index contributed by atoms with van der Waals surface area (Å²) >= 11 is 0. The standard InChI is InChI=1S/C12H27NO3.CH3NO/c1-10(2,9-15)13(7-8-14)11(3,4)12(5,6)16;2-1-3/h14-16H,7-9H2,1-6H3;1H,(H2,2,3). The van der Waals surface area contributed by atoms with Crippen LogP contribution in [0.15, 0.2) is 0 Å². The Morgan fingerprint density at radius 2 is 1.47 bits per heavy atom. The second kappa shape index (κ2) is 7.79. The number of carbonyl (C=O) groups excluding carboxylic acids is 1. The highest BCUT2D eigenvalue weighted by Gasteiger charge is 2.45. The molecule has 6 nitrogen and oxygen atoms in total. The number of rotatable bonds is 6. The van der Waals surface area contributed by atoms with Gasteiger partial charge in [-0.3, -0.25) is 9.69 Å². The van der Waals surface area contributed by atoms with E-state index in [4.69, 9.17) is 9.90 Å². The SMILES string of the molecule is CC(C)(CO)N(CCO)C(C)(C)C(C)(C)O.NC=O. The first kappa shape index (κ1) is 20.6. The van der Waals surface area contributed by atoms with Gasteiger partial charge in [0, 0.05) is 17.6 Å². The third-order valence-corrected chi connectivity index (χ3v) is 3.61. The molecule has 0 unspecified atom stereocenters. The lowest BCUT2D eigenvalue weighted by atomic mass is 9.81. The molecule has 0 aliphatic rings. The number of hydrogen-bond donors (Lipinski definition) is 4. The summed E-state index contributed by atoms with van der Waals surface area (Å²) in [6.07, 6.45) is 0.250.